The third-order valence-corrected chi connectivity index (χ3v) is 6.50. The molecule has 1 aliphatic heterocycles. The van der Waals surface area contributed by atoms with Crippen LogP contribution in [0.4, 0.5) is 0 Å². The topological polar surface area (TPSA) is 70.6 Å². The van der Waals surface area contributed by atoms with Gasteiger partial charge in [-0.05, 0) is 38.4 Å². The SMILES string of the molecule is CCNC(=NCC1(CS(C)(=O)=O)CC1)NCC1CCCS1. The van der Waals surface area contributed by atoms with Gasteiger partial charge in [-0.2, -0.15) is 11.8 Å². The van der Waals surface area contributed by atoms with Crippen LogP contribution in [0.2, 0.25) is 0 Å². The first-order valence-electron chi connectivity index (χ1n) is 7.74. The maximum absolute atomic E-state index is 11.5. The fourth-order valence-electron chi connectivity index (χ4n) is 2.69. The summed E-state index contributed by atoms with van der Waals surface area (Å²) in [5, 5.41) is 7.32. The molecule has 5 nitrogen and oxygen atoms in total. The summed E-state index contributed by atoms with van der Waals surface area (Å²) in [7, 11) is -2.92. The summed E-state index contributed by atoms with van der Waals surface area (Å²) in [6.07, 6.45) is 5.84. The van der Waals surface area contributed by atoms with Crippen LogP contribution in [0.5, 0.6) is 0 Å². The van der Waals surface area contributed by atoms with Crippen molar-refractivity contribution in [2.24, 2.45) is 10.4 Å². The van der Waals surface area contributed by atoms with Crippen molar-refractivity contribution in [3.63, 3.8) is 0 Å². The summed E-state index contributed by atoms with van der Waals surface area (Å²) >= 11 is 2.02. The predicted molar refractivity (Wildman–Crippen MR) is 90.8 cm³/mol. The van der Waals surface area contributed by atoms with E-state index in [0.29, 0.717) is 11.8 Å². The van der Waals surface area contributed by atoms with E-state index < -0.39 is 9.84 Å². The smallest absolute Gasteiger partial charge is 0.191 e. The van der Waals surface area contributed by atoms with Crippen molar-refractivity contribution in [2.75, 3.05) is 37.4 Å². The Bertz CT molecular complexity index is 467. The zero-order valence-electron chi connectivity index (χ0n) is 13.0. The number of nitrogens with one attached hydrogen (secondary N) is 2. The Hall–Kier alpha value is -0.430. The van der Waals surface area contributed by atoms with Crippen LogP contribution >= 0.6 is 11.8 Å². The second kappa shape index (κ2) is 7.22. The lowest BCUT2D eigenvalue weighted by molar-refractivity contribution is 0.550. The van der Waals surface area contributed by atoms with Crippen molar-refractivity contribution < 1.29 is 8.42 Å². The number of hydrogen-bond acceptors (Lipinski definition) is 4. The van der Waals surface area contributed by atoms with E-state index in [1.165, 1.54) is 24.9 Å². The van der Waals surface area contributed by atoms with Crippen molar-refractivity contribution in [1.29, 1.82) is 0 Å². The van der Waals surface area contributed by atoms with Gasteiger partial charge in [-0.3, -0.25) is 4.99 Å². The molecule has 0 spiro atoms. The maximum Gasteiger partial charge on any atom is 0.191 e. The minimum absolute atomic E-state index is 0.0992. The molecule has 1 atom stereocenters. The Balaban J connectivity index is 1.85. The van der Waals surface area contributed by atoms with Crippen LogP contribution in [0.15, 0.2) is 4.99 Å². The molecule has 2 aliphatic rings. The van der Waals surface area contributed by atoms with Crippen LogP contribution in [-0.2, 0) is 9.84 Å². The monoisotopic (exact) mass is 333 g/mol. The Morgan fingerprint density at radius 3 is 2.67 bits per heavy atom. The fourth-order valence-corrected chi connectivity index (χ4v) is 5.38. The number of sulfone groups is 1. The molecule has 2 rings (SSSR count). The second-order valence-electron chi connectivity index (χ2n) is 6.28. The molecule has 1 aliphatic carbocycles. The molecule has 21 heavy (non-hydrogen) atoms. The minimum atomic E-state index is -2.92. The first kappa shape index (κ1) is 16.9. The minimum Gasteiger partial charge on any atom is -0.357 e. The quantitative estimate of drug-likeness (QED) is 0.542. The van der Waals surface area contributed by atoms with Gasteiger partial charge in [0.15, 0.2) is 5.96 Å². The van der Waals surface area contributed by atoms with Crippen molar-refractivity contribution in [3.05, 3.63) is 0 Å². The molecule has 0 aromatic rings. The van der Waals surface area contributed by atoms with E-state index in [1.54, 1.807) is 0 Å². The first-order valence-corrected chi connectivity index (χ1v) is 10.8. The summed E-state index contributed by atoms with van der Waals surface area (Å²) in [5.41, 5.74) is -0.0992. The molecular formula is C14H27N3O2S2. The molecule has 2 N–H and O–H groups in total. The average Bonchev–Trinajstić information content (AvgIpc) is 2.94. The van der Waals surface area contributed by atoms with Gasteiger partial charge in [-0.1, -0.05) is 0 Å². The standard InChI is InChI=1S/C14H27N3O2S2/c1-3-15-13(16-9-12-5-4-8-20-12)17-10-14(6-7-14)11-21(2,18)19/h12H,3-11H2,1-2H3,(H2,15,16,17). The molecule has 0 radical (unpaired) electrons. The lowest BCUT2D eigenvalue weighted by Crippen LogP contribution is -2.40. The van der Waals surface area contributed by atoms with Gasteiger partial charge < -0.3 is 10.6 Å². The maximum atomic E-state index is 11.5. The van der Waals surface area contributed by atoms with Gasteiger partial charge >= 0.3 is 0 Å². The highest BCUT2D eigenvalue weighted by Gasteiger charge is 2.45. The third-order valence-electron chi connectivity index (χ3n) is 3.96. The normalized spacial score (nSPS) is 24.9. The predicted octanol–water partition coefficient (Wildman–Crippen LogP) is 1.26. The lowest BCUT2D eigenvalue weighted by atomic mass is 10.1. The van der Waals surface area contributed by atoms with Gasteiger partial charge in [0, 0.05) is 36.6 Å². The molecule has 1 unspecified atom stereocenters. The van der Waals surface area contributed by atoms with Gasteiger partial charge in [-0.15, -0.1) is 0 Å². The molecule has 0 amide bonds. The van der Waals surface area contributed by atoms with Crippen LogP contribution in [-0.4, -0.2) is 57.0 Å². The Morgan fingerprint density at radius 2 is 2.14 bits per heavy atom. The molecule has 0 bridgehead atoms. The van der Waals surface area contributed by atoms with E-state index in [-0.39, 0.29) is 11.2 Å². The molecule has 1 saturated carbocycles. The zero-order valence-corrected chi connectivity index (χ0v) is 14.7. The Labute approximate surface area is 132 Å². The number of thioether (sulfide) groups is 1. The lowest BCUT2D eigenvalue weighted by Gasteiger charge is -2.16. The molecule has 0 aromatic heterocycles. The number of guanidine groups is 1. The number of rotatable bonds is 7. The van der Waals surface area contributed by atoms with Crippen molar-refractivity contribution in [1.82, 2.24) is 10.6 Å². The van der Waals surface area contributed by atoms with E-state index in [2.05, 4.69) is 15.6 Å². The summed E-state index contributed by atoms with van der Waals surface area (Å²) in [6.45, 7) is 4.41. The summed E-state index contributed by atoms with van der Waals surface area (Å²) in [4.78, 5) is 4.61. The highest BCUT2D eigenvalue weighted by atomic mass is 32.2. The van der Waals surface area contributed by atoms with Gasteiger partial charge in [0.1, 0.15) is 9.84 Å². The van der Waals surface area contributed by atoms with Crippen LogP contribution in [0.25, 0.3) is 0 Å². The number of nitrogens with zero attached hydrogens (tertiary/aromatic N) is 1. The summed E-state index contributed by atoms with van der Waals surface area (Å²) in [6, 6.07) is 0. The molecule has 2 fully saturated rings. The van der Waals surface area contributed by atoms with Crippen LogP contribution in [0.1, 0.15) is 32.6 Å². The van der Waals surface area contributed by atoms with Crippen LogP contribution in [0.3, 0.4) is 0 Å². The van der Waals surface area contributed by atoms with E-state index in [0.717, 1.165) is 31.9 Å². The van der Waals surface area contributed by atoms with E-state index in [4.69, 9.17) is 0 Å². The van der Waals surface area contributed by atoms with Crippen LogP contribution < -0.4 is 10.6 Å². The third kappa shape index (κ3) is 6.06. The molecule has 7 heteroatoms. The van der Waals surface area contributed by atoms with Crippen molar-refractivity contribution in [2.45, 2.75) is 37.9 Å². The Morgan fingerprint density at radius 1 is 1.38 bits per heavy atom. The first-order chi connectivity index (χ1) is 9.92. The Kier molecular flexibility index (Phi) is 5.82. The highest BCUT2D eigenvalue weighted by Crippen LogP contribution is 2.46. The van der Waals surface area contributed by atoms with Crippen LogP contribution in [0, 0.1) is 5.41 Å². The summed E-state index contributed by atoms with van der Waals surface area (Å²) < 4.78 is 22.9. The van der Waals surface area contributed by atoms with E-state index in [1.807, 2.05) is 18.7 Å². The summed E-state index contributed by atoms with van der Waals surface area (Å²) in [5.74, 6) is 2.35. The van der Waals surface area contributed by atoms with Gasteiger partial charge in [0.25, 0.3) is 0 Å². The van der Waals surface area contributed by atoms with Gasteiger partial charge in [0.05, 0.1) is 5.75 Å². The molecule has 1 saturated heterocycles. The second-order valence-corrected chi connectivity index (χ2v) is 9.83. The molecule has 122 valence electrons. The number of aliphatic imine (C=N–C) groups is 1. The van der Waals surface area contributed by atoms with Crippen molar-refractivity contribution in [3.8, 4) is 0 Å². The molecular weight excluding hydrogens is 306 g/mol. The van der Waals surface area contributed by atoms with Gasteiger partial charge in [-0.25, -0.2) is 8.42 Å². The number of hydrogen-bond donors (Lipinski definition) is 2. The highest BCUT2D eigenvalue weighted by molar-refractivity contribution is 8.00. The average molecular weight is 334 g/mol. The van der Waals surface area contributed by atoms with E-state index in [9.17, 15) is 8.42 Å². The molecule has 0 aromatic carbocycles. The van der Waals surface area contributed by atoms with Gasteiger partial charge in [0.2, 0.25) is 0 Å². The van der Waals surface area contributed by atoms with Crippen molar-refractivity contribution >= 4 is 27.6 Å². The fraction of sp³-hybridized carbons (Fsp3) is 0.929. The zero-order chi connectivity index (χ0) is 15.3. The largest absolute Gasteiger partial charge is 0.357 e. The molecule has 1 heterocycles. The van der Waals surface area contributed by atoms with E-state index >= 15 is 0 Å².